The summed E-state index contributed by atoms with van der Waals surface area (Å²) < 4.78 is 18.1. The summed E-state index contributed by atoms with van der Waals surface area (Å²) in [6, 6.07) is 9.28. The van der Waals surface area contributed by atoms with Crippen LogP contribution in [-0.4, -0.2) is 9.55 Å². The van der Waals surface area contributed by atoms with E-state index < -0.39 is 5.82 Å². The maximum Gasteiger partial charge on any atom is 0.179 e. The highest BCUT2D eigenvalue weighted by Gasteiger charge is 2.26. The van der Waals surface area contributed by atoms with Crippen LogP contribution in [-0.2, 0) is 7.05 Å². The number of nitriles is 1. The second-order valence-electron chi connectivity index (χ2n) is 6.08. The molecule has 114 valence electrons. The van der Waals surface area contributed by atoms with Crippen LogP contribution in [0.4, 0.5) is 4.39 Å². The Labute approximate surface area is 133 Å². The van der Waals surface area contributed by atoms with Crippen LogP contribution in [0.5, 0.6) is 0 Å². The Morgan fingerprint density at radius 3 is 2.87 bits per heavy atom. The SMILES string of the molecule is C[n+]1cccc(-c2nc3cc(F)c(C#N)cc3n2C2CCC2)c1. The van der Waals surface area contributed by atoms with Gasteiger partial charge in [-0.2, -0.15) is 5.26 Å². The van der Waals surface area contributed by atoms with Crippen molar-refractivity contribution in [2.45, 2.75) is 25.3 Å². The molecule has 1 aromatic carbocycles. The van der Waals surface area contributed by atoms with E-state index in [9.17, 15) is 4.39 Å². The zero-order valence-electron chi connectivity index (χ0n) is 12.8. The van der Waals surface area contributed by atoms with E-state index in [2.05, 4.69) is 9.55 Å². The number of hydrogen-bond donors (Lipinski definition) is 0. The minimum atomic E-state index is -0.511. The summed E-state index contributed by atoms with van der Waals surface area (Å²) in [5.74, 6) is 0.332. The monoisotopic (exact) mass is 307 g/mol. The van der Waals surface area contributed by atoms with Crippen LogP contribution in [0, 0.1) is 17.1 Å². The molecule has 0 radical (unpaired) electrons. The Bertz CT molecular complexity index is 948. The third-order valence-electron chi connectivity index (χ3n) is 4.54. The van der Waals surface area contributed by atoms with Crippen LogP contribution < -0.4 is 4.57 Å². The molecule has 0 amide bonds. The number of hydrogen-bond acceptors (Lipinski definition) is 2. The minimum absolute atomic E-state index is 0.0724. The molecule has 0 bridgehead atoms. The van der Waals surface area contributed by atoms with E-state index in [4.69, 9.17) is 5.26 Å². The highest BCUT2D eigenvalue weighted by molar-refractivity contribution is 5.82. The Hall–Kier alpha value is -2.74. The first-order valence-electron chi connectivity index (χ1n) is 7.74. The summed E-state index contributed by atoms with van der Waals surface area (Å²) >= 11 is 0. The molecule has 4 rings (SSSR count). The summed E-state index contributed by atoms with van der Waals surface area (Å²) in [6.07, 6.45) is 7.36. The molecule has 2 aromatic heterocycles. The molecule has 3 aromatic rings. The van der Waals surface area contributed by atoms with E-state index in [1.54, 1.807) is 6.07 Å². The topological polar surface area (TPSA) is 45.5 Å². The molecule has 1 aliphatic carbocycles. The number of pyridine rings is 1. The van der Waals surface area contributed by atoms with Gasteiger partial charge in [-0.1, -0.05) is 0 Å². The van der Waals surface area contributed by atoms with Crippen LogP contribution in [0.1, 0.15) is 30.9 Å². The van der Waals surface area contributed by atoms with Crippen molar-refractivity contribution in [2.75, 3.05) is 0 Å². The van der Waals surface area contributed by atoms with Gasteiger partial charge in [-0.05, 0) is 31.4 Å². The fraction of sp³-hybridized carbons (Fsp3) is 0.278. The minimum Gasteiger partial charge on any atom is -0.321 e. The van der Waals surface area contributed by atoms with Crippen molar-refractivity contribution < 1.29 is 8.96 Å². The largest absolute Gasteiger partial charge is 0.321 e. The predicted octanol–water partition coefficient (Wildman–Crippen LogP) is 3.26. The number of rotatable bonds is 2. The number of fused-ring (bicyclic) bond motifs is 1. The molecule has 1 fully saturated rings. The molecule has 5 heteroatoms. The molecule has 4 nitrogen and oxygen atoms in total. The van der Waals surface area contributed by atoms with Crippen molar-refractivity contribution in [2.24, 2.45) is 7.05 Å². The predicted molar refractivity (Wildman–Crippen MR) is 83.9 cm³/mol. The number of imidazole rings is 1. The fourth-order valence-corrected chi connectivity index (χ4v) is 3.14. The second kappa shape index (κ2) is 5.17. The van der Waals surface area contributed by atoms with Gasteiger partial charge >= 0.3 is 0 Å². The zero-order valence-corrected chi connectivity index (χ0v) is 12.8. The average molecular weight is 307 g/mol. The molecule has 0 unspecified atom stereocenters. The normalized spacial score (nSPS) is 14.7. The Kier molecular flexibility index (Phi) is 3.12. The van der Waals surface area contributed by atoms with E-state index in [-0.39, 0.29) is 5.56 Å². The van der Waals surface area contributed by atoms with Crippen LogP contribution in [0.25, 0.3) is 22.4 Å². The van der Waals surface area contributed by atoms with Gasteiger partial charge in [0.25, 0.3) is 0 Å². The highest BCUT2D eigenvalue weighted by atomic mass is 19.1. The smallest absolute Gasteiger partial charge is 0.179 e. The van der Waals surface area contributed by atoms with Crippen molar-refractivity contribution in [1.82, 2.24) is 9.55 Å². The lowest BCUT2D eigenvalue weighted by Crippen LogP contribution is -2.26. The van der Waals surface area contributed by atoms with E-state index in [1.807, 2.05) is 42.2 Å². The molecule has 0 N–H and O–H groups in total. The number of nitrogens with zero attached hydrogens (tertiary/aromatic N) is 4. The number of aromatic nitrogens is 3. The lowest BCUT2D eigenvalue weighted by atomic mass is 9.92. The van der Waals surface area contributed by atoms with E-state index in [0.29, 0.717) is 11.6 Å². The maximum absolute atomic E-state index is 13.9. The number of aryl methyl sites for hydroxylation is 1. The van der Waals surface area contributed by atoms with Crippen molar-refractivity contribution in [3.63, 3.8) is 0 Å². The van der Waals surface area contributed by atoms with Gasteiger partial charge in [0.1, 0.15) is 24.8 Å². The first-order valence-corrected chi connectivity index (χ1v) is 7.74. The molecule has 2 heterocycles. The van der Waals surface area contributed by atoms with E-state index in [1.165, 1.54) is 12.5 Å². The van der Waals surface area contributed by atoms with Gasteiger partial charge in [-0.3, -0.25) is 0 Å². The zero-order chi connectivity index (χ0) is 16.0. The van der Waals surface area contributed by atoms with Gasteiger partial charge in [0.2, 0.25) is 0 Å². The standard InChI is InChI=1S/C18H16FN4/c1-22-7-3-4-12(11-22)18-21-16-9-15(19)13(10-20)8-17(16)23(18)14-5-2-6-14/h3-4,7-9,11,14H,2,5-6H2,1H3/q+1. The lowest BCUT2D eigenvalue weighted by molar-refractivity contribution is -0.671. The molecular formula is C18H16FN4+. The molecule has 0 saturated heterocycles. The van der Waals surface area contributed by atoms with Crippen molar-refractivity contribution in [1.29, 1.82) is 5.26 Å². The first-order chi connectivity index (χ1) is 11.2. The molecule has 23 heavy (non-hydrogen) atoms. The molecule has 0 spiro atoms. The summed E-state index contributed by atoms with van der Waals surface area (Å²) in [5.41, 5.74) is 2.52. The lowest BCUT2D eigenvalue weighted by Gasteiger charge is -2.29. The van der Waals surface area contributed by atoms with Gasteiger partial charge in [-0.15, -0.1) is 0 Å². The quantitative estimate of drug-likeness (QED) is 0.682. The summed E-state index contributed by atoms with van der Waals surface area (Å²) in [5, 5.41) is 9.12. The van der Waals surface area contributed by atoms with Crippen LogP contribution >= 0.6 is 0 Å². The molecule has 1 saturated carbocycles. The Balaban J connectivity index is 2.01. The van der Waals surface area contributed by atoms with Gasteiger partial charge in [0.15, 0.2) is 12.4 Å². The Morgan fingerprint density at radius 2 is 2.22 bits per heavy atom. The second-order valence-corrected chi connectivity index (χ2v) is 6.08. The van der Waals surface area contributed by atoms with Gasteiger partial charge in [0, 0.05) is 18.2 Å². The number of benzene rings is 1. The van der Waals surface area contributed by atoms with Gasteiger partial charge in [-0.25, -0.2) is 13.9 Å². The molecular weight excluding hydrogens is 291 g/mol. The highest BCUT2D eigenvalue weighted by Crippen LogP contribution is 2.38. The maximum atomic E-state index is 13.9. The fourth-order valence-electron chi connectivity index (χ4n) is 3.14. The van der Waals surface area contributed by atoms with Gasteiger partial charge < -0.3 is 4.57 Å². The summed E-state index contributed by atoms with van der Waals surface area (Å²) in [4.78, 5) is 4.66. The molecule has 0 atom stereocenters. The molecule has 1 aliphatic rings. The number of halogens is 1. The third-order valence-corrected chi connectivity index (χ3v) is 4.54. The van der Waals surface area contributed by atoms with Crippen molar-refractivity contribution in [3.8, 4) is 17.5 Å². The van der Waals surface area contributed by atoms with E-state index >= 15 is 0 Å². The van der Waals surface area contributed by atoms with Crippen molar-refractivity contribution >= 4 is 11.0 Å². The third kappa shape index (κ3) is 2.18. The average Bonchev–Trinajstić information content (AvgIpc) is 2.83. The van der Waals surface area contributed by atoms with Crippen LogP contribution in [0.15, 0.2) is 36.7 Å². The first kappa shape index (κ1) is 13.9. The van der Waals surface area contributed by atoms with Gasteiger partial charge in [0.05, 0.1) is 22.2 Å². The summed E-state index contributed by atoms with van der Waals surface area (Å²) in [7, 11) is 1.97. The Morgan fingerprint density at radius 1 is 1.39 bits per heavy atom. The van der Waals surface area contributed by atoms with Crippen LogP contribution in [0.2, 0.25) is 0 Å². The van der Waals surface area contributed by atoms with E-state index in [0.717, 1.165) is 29.7 Å². The van der Waals surface area contributed by atoms with Crippen molar-refractivity contribution in [3.05, 3.63) is 48.0 Å². The summed E-state index contributed by atoms with van der Waals surface area (Å²) in [6.45, 7) is 0. The van der Waals surface area contributed by atoms with Crippen LogP contribution in [0.3, 0.4) is 0 Å². The molecule has 0 aliphatic heterocycles.